The van der Waals surface area contributed by atoms with Crippen LogP contribution >= 0.6 is 11.3 Å². The van der Waals surface area contributed by atoms with Crippen molar-refractivity contribution in [3.63, 3.8) is 0 Å². The molecule has 0 aliphatic carbocycles. The lowest BCUT2D eigenvalue weighted by Gasteiger charge is -2.14. The van der Waals surface area contributed by atoms with E-state index in [0.29, 0.717) is 5.95 Å². The van der Waals surface area contributed by atoms with Crippen LogP contribution in [-0.4, -0.2) is 14.5 Å². The zero-order chi connectivity index (χ0) is 36.7. The van der Waals surface area contributed by atoms with E-state index in [4.69, 9.17) is 9.97 Å². The lowest BCUT2D eigenvalue weighted by molar-refractivity contribution is 1.01. The fraction of sp³-hybridized carbons (Fsp3) is 0. The summed E-state index contributed by atoms with van der Waals surface area (Å²) in [4.78, 5) is 10.9. The average molecular weight is 730 g/mol. The molecule has 0 saturated heterocycles. The zero-order valence-corrected chi connectivity index (χ0v) is 31.0. The van der Waals surface area contributed by atoms with Gasteiger partial charge < -0.3 is 0 Å². The molecule has 0 radical (unpaired) electrons. The average Bonchev–Trinajstić information content (AvgIpc) is 3.82. The monoisotopic (exact) mass is 729 g/mol. The molecule has 0 aliphatic heterocycles. The molecule has 4 heteroatoms. The van der Waals surface area contributed by atoms with Gasteiger partial charge in [0, 0.05) is 47.5 Å². The molecule has 3 heterocycles. The summed E-state index contributed by atoms with van der Waals surface area (Å²) in [5.74, 6) is 0.655. The second-order valence-corrected chi connectivity index (χ2v) is 15.6. The van der Waals surface area contributed by atoms with E-state index in [1.54, 1.807) is 0 Å². The summed E-state index contributed by atoms with van der Waals surface area (Å²) < 4.78 is 4.90. The van der Waals surface area contributed by atoms with E-state index in [0.717, 1.165) is 38.8 Å². The Morgan fingerprint density at radius 3 is 1.86 bits per heavy atom. The molecule has 56 heavy (non-hydrogen) atoms. The summed E-state index contributed by atoms with van der Waals surface area (Å²) >= 11 is 1.85. The molecule has 0 amide bonds. The summed E-state index contributed by atoms with van der Waals surface area (Å²) in [7, 11) is 0. The number of hydrogen-bond acceptors (Lipinski definition) is 3. The molecule has 3 nitrogen and oxygen atoms in total. The first kappa shape index (κ1) is 31.2. The fourth-order valence-electron chi connectivity index (χ4n) is 8.93. The Morgan fingerprint density at radius 2 is 0.982 bits per heavy atom. The van der Waals surface area contributed by atoms with E-state index in [2.05, 4.69) is 193 Å². The molecule has 0 aliphatic rings. The Kier molecular flexibility index (Phi) is 6.80. The Hall–Kier alpha value is -7.14. The maximum atomic E-state index is 5.54. The van der Waals surface area contributed by atoms with Gasteiger partial charge in [0.2, 0.25) is 5.95 Å². The highest BCUT2D eigenvalue weighted by molar-refractivity contribution is 7.25. The molecule has 12 rings (SSSR count). The number of rotatable bonds is 4. The van der Waals surface area contributed by atoms with Crippen molar-refractivity contribution in [1.82, 2.24) is 14.5 Å². The van der Waals surface area contributed by atoms with Crippen molar-refractivity contribution < 1.29 is 0 Å². The SMILES string of the molecule is c1ccc2c(-c3ccc(-c4nc(-n5c6ccc7ccccc7c6c6cccc(-c7cccc8sc9ccccc9c78)c65)nc5ccccc45)cc3)cccc2c1. The van der Waals surface area contributed by atoms with Gasteiger partial charge in [-0.1, -0.05) is 164 Å². The fourth-order valence-corrected chi connectivity index (χ4v) is 10.1. The Balaban J connectivity index is 1.15. The van der Waals surface area contributed by atoms with E-state index >= 15 is 0 Å². The van der Waals surface area contributed by atoms with Crippen molar-refractivity contribution in [1.29, 1.82) is 0 Å². The third-order valence-electron chi connectivity index (χ3n) is 11.4. The second-order valence-electron chi connectivity index (χ2n) is 14.5. The Bertz CT molecular complexity index is 3530. The Morgan fingerprint density at radius 1 is 0.375 bits per heavy atom. The Labute approximate surface area is 326 Å². The number of para-hydroxylation sites is 2. The zero-order valence-electron chi connectivity index (χ0n) is 30.1. The highest BCUT2D eigenvalue weighted by atomic mass is 32.1. The van der Waals surface area contributed by atoms with Crippen molar-refractivity contribution in [3.05, 3.63) is 188 Å². The molecular weight excluding hydrogens is 699 g/mol. The van der Waals surface area contributed by atoms with Crippen LogP contribution in [0.15, 0.2) is 188 Å². The van der Waals surface area contributed by atoms with E-state index in [9.17, 15) is 0 Å². The van der Waals surface area contributed by atoms with Crippen LogP contribution in [-0.2, 0) is 0 Å². The summed E-state index contributed by atoms with van der Waals surface area (Å²) in [6.45, 7) is 0. The maximum Gasteiger partial charge on any atom is 0.235 e. The van der Waals surface area contributed by atoms with Gasteiger partial charge in [0.1, 0.15) is 0 Å². The number of fused-ring (bicyclic) bond motifs is 10. The van der Waals surface area contributed by atoms with Gasteiger partial charge in [0.25, 0.3) is 0 Å². The lowest BCUT2D eigenvalue weighted by atomic mass is 9.96. The van der Waals surface area contributed by atoms with E-state index in [1.165, 1.54) is 69.2 Å². The van der Waals surface area contributed by atoms with Gasteiger partial charge >= 0.3 is 0 Å². The largest absolute Gasteiger partial charge is 0.277 e. The third kappa shape index (κ3) is 4.63. The van der Waals surface area contributed by atoms with Gasteiger partial charge in [-0.3, -0.25) is 4.57 Å². The predicted molar refractivity (Wildman–Crippen MR) is 238 cm³/mol. The molecule has 0 unspecified atom stereocenters. The van der Waals surface area contributed by atoms with Crippen LogP contribution in [0.1, 0.15) is 0 Å². The molecule has 0 spiro atoms. The second kappa shape index (κ2) is 12.2. The molecule has 0 fully saturated rings. The van der Waals surface area contributed by atoms with Gasteiger partial charge in [-0.05, 0) is 62.5 Å². The van der Waals surface area contributed by atoms with Gasteiger partial charge in [-0.25, -0.2) is 9.97 Å². The standard InChI is InChI=1S/C52H31N3S/c1-3-15-36-32(12-1)14-9-19-37(36)34-26-28-35(29-27-34)50-41-17-5-7-23-44(41)53-52(54-50)55-45-31-30-33-13-2-4-16-38(33)48(45)43-22-10-21-40(51(43)55)39-20-11-25-47-49(39)42-18-6-8-24-46(42)56-47/h1-31H. The molecule has 0 saturated carbocycles. The third-order valence-corrected chi connectivity index (χ3v) is 12.6. The van der Waals surface area contributed by atoms with Gasteiger partial charge in [0.05, 0.1) is 22.2 Å². The molecular formula is C52H31N3S. The van der Waals surface area contributed by atoms with Crippen LogP contribution in [0.25, 0.3) is 114 Å². The minimum absolute atomic E-state index is 0.655. The number of thiophene rings is 1. The van der Waals surface area contributed by atoms with Crippen LogP contribution in [0, 0.1) is 0 Å². The summed E-state index contributed by atoms with van der Waals surface area (Å²) in [6.07, 6.45) is 0. The highest BCUT2D eigenvalue weighted by Crippen LogP contribution is 2.45. The highest BCUT2D eigenvalue weighted by Gasteiger charge is 2.23. The molecule has 0 N–H and O–H groups in total. The minimum Gasteiger partial charge on any atom is -0.277 e. The molecule has 0 atom stereocenters. The van der Waals surface area contributed by atoms with Crippen LogP contribution in [0.5, 0.6) is 0 Å². The summed E-state index contributed by atoms with van der Waals surface area (Å²) in [6, 6.07) is 67.8. The molecule has 0 bridgehead atoms. The van der Waals surface area contributed by atoms with Crippen molar-refractivity contribution in [2.24, 2.45) is 0 Å². The summed E-state index contributed by atoms with van der Waals surface area (Å²) in [5, 5.41) is 10.9. The smallest absolute Gasteiger partial charge is 0.235 e. The van der Waals surface area contributed by atoms with E-state index in [1.807, 2.05) is 11.3 Å². The molecule has 260 valence electrons. The van der Waals surface area contributed by atoms with Crippen molar-refractivity contribution in [3.8, 4) is 39.5 Å². The normalized spacial score (nSPS) is 11.9. The predicted octanol–water partition coefficient (Wildman–Crippen LogP) is 14.4. The summed E-state index contributed by atoms with van der Waals surface area (Å²) in [5.41, 5.74) is 9.84. The molecule has 9 aromatic carbocycles. The van der Waals surface area contributed by atoms with Crippen LogP contribution < -0.4 is 0 Å². The lowest BCUT2D eigenvalue weighted by Crippen LogP contribution is -2.04. The van der Waals surface area contributed by atoms with Crippen LogP contribution in [0.2, 0.25) is 0 Å². The number of nitrogens with zero attached hydrogens (tertiary/aromatic N) is 3. The molecule has 12 aromatic rings. The van der Waals surface area contributed by atoms with Gasteiger partial charge in [-0.15, -0.1) is 11.3 Å². The van der Waals surface area contributed by atoms with E-state index < -0.39 is 0 Å². The molecule has 3 aromatic heterocycles. The quantitative estimate of drug-likeness (QED) is 0.181. The van der Waals surface area contributed by atoms with Gasteiger partial charge in [-0.2, -0.15) is 0 Å². The van der Waals surface area contributed by atoms with Crippen LogP contribution in [0.3, 0.4) is 0 Å². The number of benzene rings is 9. The van der Waals surface area contributed by atoms with Crippen LogP contribution in [0.4, 0.5) is 0 Å². The van der Waals surface area contributed by atoms with Gasteiger partial charge in [0.15, 0.2) is 0 Å². The first-order valence-electron chi connectivity index (χ1n) is 19.0. The minimum atomic E-state index is 0.655. The first-order valence-corrected chi connectivity index (χ1v) is 19.8. The van der Waals surface area contributed by atoms with Crippen molar-refractivity contribution in [2.75, 3.05) is 0 Å². The first-order chi connectivity index (χ1) is 27.8. The van der Waals surface area contributed by atoms with Crippen molar-refractivity contribution >= 4 is 85.8 Å². The maximum absolute atomic E-state index is 5.54. The number of hydrogen-bond donors (Lipinski definition) is 0. The topological polar surface area (TPSA) is 30.7 Å². The number of aromatic nitrogens is 3. The van der Waals surface area contributed by atoms with Crippen molar-refractivity contribution in [2.45, 2.75) is 0 Å². The van der Waals surface area contributed by atoms with E-state index in [-0.39, 0.29) is 0 Å².